The van der Waals surface area contributed by atoms with Gasteiger partial charge in [-0.25, -0.2) is 0 Å². The molecule has 0 aromatic heterocycles. The zero-order valence-electron chi connectivity index (χ0n) is 18.1. The van der Waals surface area contributed by atoms with Crippen molar-refractivity contribution in [1.29, 1.82) is 0 Å². The van der Waals surface area contributed by atoms with Crippen LogP contribution in [0.4, 0.5) is 11.4 Å². The number of nitrogens with zero attached hydrogens (tertiary/aromatic N) is 2. The van der Waals surface area contributed by atoms with Gasteiger partial charge in [-0.2, -0.15) is 9.15 Å². The Kier molecular flexibility index (Phi) is 4.93. The average Bonchev–Trinajstić information content (AvgIpc) is 2.97. The number of benzene rings is 1. The second-order valence-corrected chi connectivity index (χ2v) is 11.9. The van der Waals surface area contributed by atoms with Crippen LogP contribution in [0, 0.1) is 27.7 Å². The molecule has 26 heavy (non-hydrogen) atoms. The van der Waals surface area contributed by atoms with Crippen LogP contribution in [0.25, 0.3) is 0 Å². The van der Waals surface area contributed by atoms with Gasteiger partial charge in [-0.1, -0.05) is 23.5 Å². The molecule has 0 bridgehead atoms. The van der Waals surface area contributed by atoms with Crippen molar-refractivity contribution in [1.82, 2.24) is 0 Å². The van der Waals surface area contributed by atoms with E-state index in [4.69, 9.17) is 0 Å². The van der Waals surface area contributed by atoms with Gasteiger partial charge in [-0.05, 0) is 55.4 Å². The lowest BCUT2D eigenvalue weighted by Gasteiger charge is -2.16. The molecule has 4 heteroatoms. The van der Waals surface area contributed by atoms with E-state index in [2.05, 4.69) is 78.4 Å². The van der Waals surface area contributed by atoms with Gasteiger partial charge in [0.05, 0.1) is 9.49 Å². The fraction of sp³-hybridized carbons (Fsp3) is 0.636. The van der Waals surface area contributed by atoms with Gasteiger partial charge in [0.15, 0.2) is 23.2 Å². The predicted octanol–water partition coefficient (Wildman–Crippen LogP) is 6.10. The van der Waals surface area contributed by atoms with Crippen LogP contribution in [0.5, 0.6) is 0 Å². The van der Waals surface area contributed by atoms with Gasteiger partial charge in [-0.15, -0.1) is 0 Å². The monoisotopic (exact) mass is 390 g/mol. The van der Waals surface area contributed by atoms with Crippen LogP contribution in [0.3, 0.4) is 0 Å². The Balaban J connectivity index is 2.27. The summed E-state index contributed by atoms with van der Waals surface area (Å²) in [4.78, 5) is 0. The minimum absolute atomic E-state index is 0.222. The first-order valence-corrected chi connectivity index (χ1v) is 11.5. The number of thioether (sulfide) groups is 2. The van der Waals surface area contributed by atoms with E-state index in [9.17, 15) is 0 Å². The Labute approximate surface area is 168 Å². The molecule has 2 aliphatic heterocycles. The van der Waals surface area contributed by atoms with Crippen LogP contribution >= 0.6 is 23.5 Å². The maximum Gasteiger partial charge on any atom is 0.212 e. The van der Waals surface area contributed by atoms with Gasteiger partial charge >= 0.3 is 0 Å². The second-order valence-electron chi connectivity index (χ2n) is 8.79. The van der Waals surface area contributed by atoms with Crippen LogP contribution in [0.2, 0.25) is 0 Å². The Morgan fingerprint density at radius 3 is 1.04 bits per heavy atom. The highest BCUT2D eigenvalue weighted by atomic mass is 32.2. The zero-order valence-corrected chi connectivity index (χ0v) is 19.8. The first-order chi connectivity index (χ1) is 11.9. The van der Waals surface area contributed by atoms with Crippen LogP contribution in [-0.2, 0) is 0 Å². The summed E-state index contributed by atoms with van der Waals surface area (Å²) in [5.41, 5.74) is 11.5. The van der Waals surface area contributed by atoms with Gasteiger partial charge in [0.25, 0.3) is 0 Å². The maximum atomic E-state index is 2.55. The molecule has 0 fully saturated rings. The maximum absolute atomic E-state index is 2.55. The third-order valence-electron chi connectivity index (χ3n) is 6.75. The van der Waals surface area contributed by atoms with Crippen LogP contribution in [0.15, 0.2) is 0 Å². The molecule has 2 nitrogen and oxygen atoms in total. The second kappa shape index (κ2) is 6.41. The summed E-state index contributed by atoms with van der Waals surface area (Å²) in [5.74, 6) is 2.10. The first-order valence-electron chi connectivity index (χ1n) is 9.51. The summed E-state index contributed by atoms with van der Waals surface area (Å²) in [6, 6.07) is 0. The van der Waals surface area contributed by atoms with Crippen molar-refractivity contribution in [3.05, 3.63) is 22.3 Å². The fourth-order valence-electron chi connectivity index (χ4n) is 4.05. The summed E-state index contributed by atoms with van der Waals surface area (Å²) >= 11 is 4.08. The molecule has 2 aliphatic rings. The summed E-state index contributed by atoms with van der Waals surface area (Å²) in [7, 11) is 0. The molecule has 0 unspecified atom stereocenters. The standard InChI is InChI=1S/C22H34N2S2/c1-13-14(2)20(24-12-26-22(9,10)18(24)6)16(4)15(3)19(13)23-11-25-21(7,8)17(23)5/h11-12H2,1-10H3/q+2. The van der Waals surface area contributed by atoms with E-state index in [1.807, 2.05) is 23.5 Å². The molecule has 2 heterocycles. The van der Waals surface area contributed by atoms with Crippen LogP contribution in [0.1, 0.15) is 63.8 Å². The van der Waals surface area contributed by atoms with Gasteiger partial charge in [0, 0.05) is 36.1 Å². The lowest BCUT2D eigenvalue weighted by atomic mass is 9.94. The summed E-state index contributed by atoms with van der Waals surface area (Å²) in [6.45, 7) is 23.2. The molecule has 0 saturated heterocycles. The Hall–Kier alpha value is -0.740. The minimum Gasteiger partial charge on any atom is -0.189 e. The highest BCUT2D eigenvalue weighted by Gasteiger charge is 2.43. The van der Waals surface area contributed by atoms with Gasteiger partial charge < -0.3 is 0 Å². The van der Waals surface area contributed by atoms with E-state index >= 15 is 0 Å². The Bertz CT molecular complexity index is 757. The van der Waals surface area contributed by atoms with Crippen LogP contribution in [-0.4, -0.2) is 41.8 Å². The van der Waals surface area contributed by atoms with Crippen molar-refractivity contribution in [2.75, 3.05) is 11.8 Å². The van der Waals surface area contributed by atoms with E-state index < -0.39 is 0 Å². The largest absolute Gasteiger partial charge is 0.212 e. The Morgan fingerprint density at radius 2 is 0.846 bits per heavy atom. The van der Waals surface area contributed by atoms with Crippen molar-refractivity contribution in [2.45, 2.75) is 78.7 Å². The average molecular weight is 391 g/mol. The zero-order chi connectivity index (χ0) is 19.6. The molecular formula is C22H34N2S2+2. The van der Waals surface area contributed by atoms with E-state index in [1.165, 1.54) is 45.1 Å². The third kappa shape index (κ3) is 2.88. The molecule has 0 spiro atoms. The predicted molar refractivity (Wildman–Crippen MR) is 120 cm³/mol. The van der Waals surface area contributed by atoms with E-state index in [-0.39, 0.29) is 9.49 Å². The fourth-order valence-corrected chi connectivity index (χ4v) is 6.24. The van der Waals surface area contributed by atoms with Crippen LogP contribution < -0.4 is 0 Å². The van der Waals surface area contributed by atoms with Crippen molar-refractivity contribution in [3.63, 3.8) is 0 Å². The van der Waals surface area contributed by atoms with Gasteiger partial charge in [0.2, 0.25) is 11.4 Å². The lowest BCUT2D eigenvalue weighted by molar-refractivity contribution is -0.420. The van der Waals surface area contributed by atoms with E-state index in [0.717, 1.165) is 11.8 Å². The normalized spacial score (nSPS) is 21.9. The minimum atomic E-state index is 0.222. The molecule has 3 rings (SSSR count). The van der Waals surface area contributed by atoms with Crippen molar-refractivity contribution in [2.24, 2.45) is 0 Å². The number of hydrogen-bond donors (Lipinski definition) is 0. The molecule has 1 aromatic carbocycles. The summed E-state index contributed by atoms with van der Waals surface area (Å²) in [6.07, 6.45) is 0. The number of rotatable bonds is 2. The molecule has 0 saturated carbocycles. The van der Waals surface area contributed by atoms with E-state index in [1.54, 1.807) is 0 Å². The molecule has 0 amide bonds. The molecule has 0 aliphatic carbocycles. The SMILES string of the molecule is CC1=[N+](c2c(C)c(C)c([N+]3=C(C)C(C)(C)SC3)c(C)c2C)CSC1(C)C. The molecule has 142 valence electrons. The first kappa shape index (κ1) is 20.0. The quantitative estimate of drug-likeness (QED) is 0.563. The summed E-state index contributed by atoms with van der Waals surface area (Å²) in [5, 5.41) is 0. The molecule has 0 atom stereocenters. The third-order valence-corrected chi connectivity index (χ3v) is 9.56. The highest BCUT2D eigenvalue weighted by molar-refractivity contribution is 8.01. The molecule has 1 aromatic rings. The smallest absolute Gasteiger partial charge is 0.189 e. The lowest BCUT2D eigenvalue weighted by Crippen LogP contribution is -2.26. The van der Waals surface area contributed by atoms with Crippen molar-refractivity contribution < 1.29 is 9.15 Å². The summed E-state index contributed by atoms with van der Waals surface area (Å²) < 4.78 is 5.55. The van der Waals surface area contributed by atoms with E-state index in [0.29, 0.717) is 0 Å². The highest BCUT2D eigenvalue weighted by Crippen LogP contribution is 2.44. The molecular weight excluding hydrogens is 356 g/mol. The molecule has 0 radical (unpaired) electrons. The van der Waals surface area contributed by atoms with Crippen molar-refractivity contribution in [3.8, 4) is 0 Å². The van der Waals surface area contributed by atoms with Gasteiger partial charge in [0.1, 0.15) is 0 Å². The Morgan fingerprint density at radius 1 is 0.577 bits per heavy atom. The number of hydrogen-bond acceptors (Lipinski definition) is 2. The van der Waals surface area contributed by atoms with Crippen molar-refractivity contribution >= 4 is 46.3 Å². The molecule has 0 N–H and O–H groups in total. The van der Waals surface area contributed by atoms with Gasteiger partial charge in [-0.3, -0.25) is 0 Å². The topological polar surface area (TPSA) is 6.02 Å².